The molecule has 0 aromatic rings. The van der Waals surface area contributed by atoms with Crippen LogP contribution in [-0.4, -0.2) is 19.2 Å². The van der Waals surface area contributed by atoms with Gasteiger partial charge in [-0.2, -0.15) is 0 Å². The fourth-order valence-electron chi connectivity index (χ4n) is 2.24. The molecule has 0 aromatic heterocycles. The average Bonchev–Trinajstić information content (AvgIpc) is 2.30. The Hall–Kier alpha value is -0.990. The van der Waals surface area contributed by atoms with Gasteiger partial charge in [-0.25, -0.2) is 0 Å². The molecule has 1 atom stereocenters. The summed E-state index contributed by atoms with van der Waals surface area (Å²) in [4.78, 5) is 11.2. The maximum absolute atomic E-state index is 11.2. The van der Waals surface area contributed by atoms with E-state index in [0.29, 0.717) is 18.9 Å². The normalized spacial score (nSPS) is 19.6. The third-order valence-corrected chi connectivity index (χ3v) is 3.01. The van der Waals surface area contributed by atoms with E-state index in [1.165, 1.54) is 12.8 Å². The third-order valence-electron chi connectivity index (χ3n) is 3.01. The van der Waals surface area contributed by atoms with Crippen LogP contribution in [0.2, 0.25) is 0 Å². The van der Waals surface area contributed by atoms with Crippen molar-refractivity contribution in [2.45, 2.75) is 52.4 Å². The second kappa shape index (κ2) is 8.15. The molecule has 0 saturated heterocycles. The topological polar surface area (TPSA) is 35.5 Å². The van der Waals surface area contributed by atoms with Crippen LogP contribution in [0.15, 0.2) is 11.8 Å². The zero-order valence-electron chi connectivity index (χ0n) is 11.0. The first-order chi connectivity index (χ1) is 8.26. The number of allylic oxidation sites excluding steroid dienone is 2. The lowest BCUT2D eigenvalue weighted by molar-refractivity contribution is -0.143. The summed E-state index contributed by atoms with van der Waals surface area (Å²) in [5, 5.41) is 0. The minimum atomic E-state index is -0.0719. The summed E-state index contributed by atoms with van der Waals surface area (Å²) in [6, 6.07) is 0. The molecule has 0 aliphatic heterocycles. The minimum Gasteiger partial charge on any atom is -0.499 e. The molecule has 0 bridgehead atoms. The predicted molar refractivity (Wildman–Crippen MR) is 67.5 cm³/mol. The van der Waals surface area contributed by atoms with E-state index in [-0.39, 0.29) is 5.97 Å². The van der Waals surface area contributed by atoms with Crippen LogP contribution in [0.5, 0.6) is 0 Å². The van der Waals surface area contributed by atoms with Gasteiger partial charge in [-0.15, -0.1) is 0 Å². The summed E-state index contributed by atoms with van der Waals surface area (Å²) in [5.74, 6) is 1.65. The van der Waals surface area contributed by atoms with Crippen molar-refractivity contribution >= 4 is 5.97 Å². The Morgan fingerprint density at radius 2 is 2.24 bits per heavy atom. The number of ether oxygens (including phenoxy) is 2. The highest BCUT2D eigenvalue weighted by Gasteiger charge is 2.14. The number of hydrogen-bond acceptors (Lipinski definition) is 3. The smallest absolute Gasteiger partial charge is 0.305 e. The Bertz CT molecular complexity index is 258. The Balaban J connectivity index is 2.22. The Morgan fingerprint density at radius 1 is 1.41 bits per heavy atom. The van der Waals surface area contributed by atoms with Crippen molar-refractivity contribution in [1.29, 1.82) is 0 Å². The van der Waals surface area contributed by atoms with Crippen LogP contribution in [0.1, 0.15) is 52.4 Å². The van der Waals surface area contributed by atoms with E-state index in [0.717, 1.165) is 31.6 Å². The van der Waals surface area contributed by atoms with Gasteiger partial charge in [-0.1, -0.05) is 0 Å². The van der Waals surface area contributed by atoms with Gasteiger partial charge in [0.15, 0.2) is 0 Å². The molecule has 3 heteroatoms. The molecule has 3 nitrogen and oxygen atoms in total. The Labute approximate surface area is 104 Å². The molecule has 0 heterocycles. The van der Waals surface area contributed by atoms with E-state index in [2.05, 4.69) is 6.08 Å². The van der Waals surface area contributed by atoms with Gasteiger partial charge in [0.1, 0.15) is 0 Å². The molecule has 98 valence electrons. The minimum absolute atomic E-state index is 0.0719. The van der Waals surface area contributed by atoms with Crippen molar-refractivity contribution in [3.63, 3.8) is 0 Å². The molecule has 1 aliphatic rings. The van der Waals surface area contributed by atoms with E-state index < -0.39 is 0 Å². The molecule has 0 aromatic carbocycles. The van der Waals surface area contributed by atoms with Gasteiger partial charge < -0.3 is 9.47 Å². The summed E-state index contributed by atoms with van der Waals surface area (Å²) >= 11 is 0. The van der Waals surface area contributed by atoms with E-state index >= 15 is 0 Å². The van der Waals surface area contributed by atoms with Crippen molar-refractivity contribution in [3.8, 4) is 0 Å². The SMILES string of the molecule is CCOC(=O)CCCC1C=C(OCC)CCC1. The summed E-state index contributed by atoms with van der Waals surface area (Å²) in [6.07, 6.45) is 8.27. The van der Waals surface area contributed by atoms with Crippen molar-refractivity contribution in [3.05, 3.63) is 11.8 Å². The first kappa shape index (κ1) is 14.1. The zero-order chi connectivity index (χ0) is 12.5. The largest absolute Gasteiger partial charge is 0.499 e. The van der Waals surface area contributed by atoms with E-state index in [1.807, 2.05) is 13.8 Å². The predicted octanol–water partition coefficient (Wildman–Crippen LogP) is 3.44. The lowest BCUT2D eigenvalue weighted by Gasteiger charge is -2.20. The van der Waals surface area contributed by atoms with Crippen molar-refractivity contribution in [1.82, 2.24) is 0 Å². The summed E-state index contributed by atoms with van der Waals surface area (Å²) in [7, 11) is 0. The first-order valence-electron chi connectivity index (χ1n) is 6.75. The third kappa shape index (κ3) is 5.76. The number of hydrogen-bond donors (Lipinski definition) is 0. The van der Waals surface area contributed by atoms with Gasteiger partial charge in [-0.3, -0.25) is 4.79 Å². The van der Waals surface area contributed by atoms with Gasteiger partial charge in [0.2, 0.25) is 0 Å². The quantitative estimate of drug-likeness (QED) is 0.639. The highest BCUT2D eigenvalue weighted by Crippen LogP contribution is 2.27. The van der Waals surface area contributed by atoms with Crippen LogP contribution < -0.4 is 0 Å². The molecule has 1 unspecified atom stereocenters. The molecule has 0 radical (unpaired) electrons. The summed E-state index contributed by atoms with van der Waals surface area (Å²) in [6.45, 7) is 5.10. The van der Waals surface area contributed by atoms with Gasteiger partial charge in [0, 0.05) is 12.8 Å². The highest BCUT2D eigenvalue weighted by molar-refractivity contribution is 5.69. The fraction of sp³-hybridized carbons (Fsp3) is 0.786. The van der Waals surface area contributed by atoms with Crippen LogP contribution in [0.4, 0.5) is 0 Å². The van der Waals surface area contributed by atoms with Gasteiger partial charge in [-0.05, 0) is 51.5 Å². The van der Waals surface area contributed by atoms with Crippen LogP contribution in [0.25, 0.3) is 0 Å². The second-order valence-corrected chi connectivity index (χ2v) is 4.42. The number of carbonyl (C=O) groups excluding carboxylic acids is 1. The van der Waals surface area contributed by atoms with Crippen molar-refractivity contribution in [2.24, 2.45) is 5.92 Å². The summed E-state index contributed by atoms with van der Waals surface area (Å²) < 4.78 is 10.5. The molecule has 1 aliphatic carbocycles. The first-order valence-corrected chi connectivity index (χ1v) is 6.75. The lowest BCUT2D eigenvalue weighted by atomic mass is 9.90. The van der Waals surface area contributed by atoms with Crippen LogP contribution in [0.3, 0.4) is 0 Å². The molecular weight excluding hydrogens is 216 g/mol. The fourth-order valence-corrected chi connectivity index (χ4v) is 2.24. The molecule has 1 rings (SSSR count). The molecule has 17 heavy (non-hydrogen) atoms. The second-order valence-electron chi connectivity index (χ2n) is 4.42. The highest BCUT2D eigenvalue weighted by atomic mass is 16.5. The summed E-state index contributed by atoms with van der Waals surface area (Å²) in [5.41, 5.74) is 0. The number of rotatable bonds is 7. The lowest BCUT2D eigenvalue weighted by Crippen LogP contribution is -2.09. The maximum atomic E-state index is 11.2. The van der Waals surface area contributed by atoms with E-state index in [1.54, 1.807) is 0 Å². The van der Waals surface area contributed by atoms with Gasteiger partial charge in [0.25, 0.3) is 0 Å². The van der Waals surface area contributed by atoms with Gasteiger partial charge in [0.05, 0.1) is 19.0 Å². The molecule has 0 N–H and O–H groups in total. The Kier molecular flexibility index (Phi) is 6.75. The monoisotopic (exact) mass is 240 g/mol. The Morgan fingerprint density at radius 3 is 2.94 bits per heavy atom. The molecule has 0 fully saturated rings. The molecule has 0 spiro atoms. The number of esters is 1. The van der Waals surface area contributed by atoms with Gasteiger partial charge >= 0.3 is 5.97 Å². The van der Waals surface area contributed by atoms with Crippen molar-refractivity contribution < 1.29 is 14.3 Å². The zero-order valence-corrected chi connectivity index (χ0v) is 11.0. The molecular formula is C14H24O3. The van der Waals surface area contributed by atoms with E-state index in [9.17, 15) is 4.79 Å². The van der Waals surface area contributed by atoms with Crippen LogP contribution >= 0.6 is 0 Å². The average molecular weight is 240 g/mol. The standard InChI is InChI=1S/C14H24O3/c1-3-16-13-9-5-7-12(11-13)8-6-10-14(15)17-4-2/h11-12H,3-10H2,1-2H3. The van der Waals surface area contributed by atoms with Crippen LogP contribution in [-0.2, 0) is 14.3 Å². The maximum Gasteiger partial charge on any atom is 0.305 e. The molecule has 0 amide bonds. The number of carbonyl (C=O) groups is 1. The van der Waals surface area contributed by atoms with Crippen LogP contribution in [0, 0.1) is 5.92 Å². The molecule has 0 saturated carbocycles. The van der Waals surface area contributed by atoms with Crippen molar-refractivity contribution in [2.75, 3.05) is 13.2 Å². The van der Waals surface area contributed by atoms with E-state index in [4.69, 9.17) is 9.47 Å².